The van der Waals surface area contributed by atoms with E-state index in [0.717, 1.165) is 36.8 Å². The van der Waals surface area contributed by atoms with Crippen molar-refractivity contribution in [2.45, 2.75) is 40.5 Å². The van der Waals surface area contributed by atoms with E-state index >= 15 is 0 Å². The Labute approximate surface area is 137 Å². The van der Waals surface area contributed by atoms with E-state index in [4.69, 9.17) is 5.73 Å². The molecular formula is C16H28N4OS. The van der Waals surface area contributed by atoms with E-state index in [1.54, 1.807) is 0 Å². The number of hydrogen-bond donors (Lipinski definition) is 2. The summed E-state index contributed by atoms with van der Waals surface area (Å²) >= 11 is 1.41. The molecule has 1 aromatic heterocycles. The van der Waals surface area contributed by atoms with Crippen molar-refractivity contribution >= 4 is 22.4 Å². The number of carbonyl (C=O) groups is 1. The van der Waals surface area contributed by atoms with Crippen molar-refractivity contribution in [1.29, 1.82) is 0 Å². The van der Waals surface area contributed by atoms with Crippen LogP contribution in [0.2, 0.25) is 0 Å². The first-order valence-corrected chi connectivity index (χ1v) is 8.75. The van der Waals surface area contributed by atoms with Crippen molar-refractivity contribution in [3.8, 4) is 0 Å². The normalized spacial score (nSPS) is 19.5. The summed E-state index contributed by atoms with van der Waals surface area (Å²) in [7, 11) is 0. The summed E-state index contributed by atoms with van der Waals surface area (Å²) < 4.78 is 0. The number of anilines is 1. The number of nitrogens with zero attached hydrogens (tertiary/aromatic N) is 2. The molecule has 1 aliphatic rings. The molecule has 1 amide bonds. The summed E-state index contributed by atoms with van der Waals surface area (Å²) in [5.41, 5.74) is 6.87. The van der Waals surface area contributed by atoms with Crippen LogP contribution in [0.15, 0.2) is 0 Å². The maximum Gasteiger partial charge on any atom is 0.225 e. The lowest BCUT2D eigenvalue weighted by Gasteiger charge is -2.26. The van der Waals surface area contributed by atoms with Crippen LogP contribution in [0.4, 0.5) is 5.13 Å². The molecule has 1 aromatic rings. The van der Waals surface area contributed by atoms with Gasteiger partial charge >= 0.3 is 0 Å². The topological polar surface area (TPSA) is 71.2 Å². The molecule has 1 unspecified atom stereocenters. The Morgan fingerprint density at radius 1 is 1.50 bits per heavy atom. The largest absolute Gasteiger partial charge is 0.375 e. The monoisotopic (exact) mass is 324 g/mol. The van der Waals surface area contributed by atoms with Gasteiger partial charge in [-0.25, -0.2) is 4.98 Å². The standard InChI is InChI=1S/C16H28N4OS/c1-11-13(22-15(17)19-11)7-14(21)18-8-12-5-6-20(9-12)10-16(2,3)4/h12H,5-10H2,1-4H3,(H2,17,19)(H,18,21). The van der Waals surface area contributed by atoms with Crippen LogP contribution in [0.5, 0.6) is 0 Å². The molecular weight excluding hydrogens is 296 g/mol. The average Bonchev–Trinajstić information content (AvgIpc) is 2.92. The van der Waals surface area contributed by atoms with Crippen molar-refractivity contribution in [3.05, 3.63) is 10.6 Å². The van der Waals surface area contributed by atoms with Crippen LogP contribution in [0.25, 0.3) is 0 Å². The molecule has 124 valence electrons. The lowest BCUT2D eigenvalue weighted by atomic mass is 9.96. The molecule has 0 radical (unpaired) electrons. The van der Waals surface area contributed by atoms with Gasteiger partial charge in [-0.15, -0.1) is 11.3 Å². The first kappa shape index (κ1) is 17.2. The van der Waals surface area contributed by atoms with Crippen LogP contribution in [-0.4, -0.2) is 42.0 Å². The zero-order valence-corrected chi connectivity index (χ0v) is 14.9. The van der Waals surface area contributed by atoms with Gasteiger partial charge in [0.1, 0.15) is 0 Å². The van der Waals surface area contributed by atoms with E-state index in [9.17, 15) is 4.79 Å². The maximum atomic E-state index is 12.1. The molecule has 0 aliphatic carbocycles. The fourth-order valence-corrected chi connectivity index (χ4v) is 3.81. The van der Waals surface area contributed by atoms with Gasteiger partial charge in [0.2, 0.25) is 5.91 Å². The minimum Gasteiger partial charge on any atom is -0.375 e. The average molecular weight is 324 g/mol. The second-order valence-electron chi connectivity index (χ2n) is 7.49. The highest BCUT2D eigenvalue weighted by atomic mass is 32.1. The van der Waals surface area contributed by atoms with Crippen molar-refractivity contribution in [1.82, 2.24) is 15.2 Å². The van der Waals surface area contributed by atoms with Crippen molar-refractivity contribution in [2.75, 3.05) is 31.9 Å². The fourth-order valence-electron chi connectivity index (χ4n) is 2.97. The number of carbonyl (C=O) groups excluding carboxylic acids is 1. The molecule has 1 aliphatic heterocycles. The lowest BCUT2D eigenvalue weighted by molar-refractivity contribution is -0.120. The summed E-state index contributed by atoms with van der Waals surface area (Å²) in [5, 5.41) is 3.60. The quantitative estimate of drug-likeness (QED) is 0.870. The Morgan fingerprint density at radius 2 is 2.23 bits per heavy atom. The molecule has 5 nitrogen and oxygen atoms in total. The summed E-state index contributed by atoms with van der Waals surface area (Å²) in [6.07, 6.45) is 1.56. The van der Waals surface area contributed by atoms with Crippen LogP contribution in [0.3, 0.4) is 0 Å². The van der Waals surface area contributed by atoms with E-state index in [2.05, 4.69) is 36.0 Å². The molecule has 0 saturated carbocycles. The van der Waals surface area contributed by atoms with E-state index in [-0.39, 0.29) is 5.91 Å². The van der Waals surface area contributed by atoms with Gasteiger partial charge in [-0.2, -0.15) is 0 Å². The van der Waals surface area contributed by atoms with Crippen LogP contribution < -0.4 is 11.1 Å². The third-order valence-corrected chi connectivity index (χ3v) is 4.87. The number of hydrogen-bond acceptors (Lipinski definition) is 5. The SMILES string of the molecule is Cc1nc(N)sc1CC(=O)NCC1CCN(CC(C)(C)C)C1. The molecule has 0 bridgehead atoms. The van der Waals surface area contributed by atoms with E-state index in [1.807, 2.05) is 6.92 Å². The number of amides is 1. The van der Waals surface area contributed by atoms with E-state index in [1.165, 1.54) is 17.8 Å². The molecule has 0 spiro atoms. The van der Waals surface area contributed by atoms with Gasteiger partial charge in [0.05, 0.1) is 12.1 Å². The molecule has 2 rings (SSSR count). The number of nitrogen functional groups attached to an aromatic ring is 1. The highest BCUT2D eigenvalue weighted by Gasteiger charge is 2.26. The van der Waals surface area contributed by atoms with Gasteiger partial charge < -0.3 is 16.0 Å². The summed E-state index contributed by atoms with van der Waals surface area (Å²) in [4.78, 5) is 19.7. The van der Waals surface area contributed by atoms with E-state index < -0.39 is 0 Å². The van der Waals surface area contributed by atoms with Gasteiger partial charge in [0.25, 0.3) is 0 Å². The molecule has 1 atom stereocenters. The second kappa shape index (κ2) is 6.96. The number of rotatable bonds is 5. The third-order valence-electron chi connectivity index (χ3n) is 3.89. The van der Waals surface area contributed by atoms with Gasteiger partial charge in [-0.05, 0) is 31.2 Å². The maximum absolute atomic E-state index is 12.1. The summed E-state index contributed by atoms with van der Waals surface area (Å²) in [6.45, 7) is 12.8. The molecule has 2 heterocycles. The predicted molar refractivity (Wildman–Crippen MR) is 92.0 cm³/mol. The number of aromatic nitrogens is 1. The number of likely N-dealkylation sites (tertiary alicyclic amines) is 1. The number of aryl methyl sites for hydroxylation is 1. The number of nitrogens with one attached hydrogen (secondary N) is 1. The van der Waals surface area contributed by atoms with Crippen LogP contribution >= 0.6 is 11.3 Å². The Morgan fingerprint density at radius 3 is 2.82 bits per heavy atom. The van der Waals surface area contributed by atoms with Crippen LogP contribution in [0.1, 0.15) is 37.8 Å². The second-order valence-corrected chi connectivity index (χ2v) is 8.61. The third kappa shape index (κ3) is 5.25. The van der Waals surface area contributed by atoms with Gasteiger partial charge in [0.15, 0.2) is 5.13 Å². The predicted octanol–water partition coefficient (Wildman–Crippen LogP) is 2.06. The Balaban J connectivity index is 1.72. The molecule has 6 heteroatoms. The van der Waals surface area contributed by atoms with E-state index in [0.29, 0.717) is 22.9 Å². The molecule has 22 heavy (non-hydrogen) atoms. The minimum absolute atomic E-state index is 0.0704. The van der Waals surface area contributed by atoms with Crippen molar-refractivity contribution in [2.24, 2.45) is 11.3 Å². The number of nitrogens with two attached hydrogens (primary N) is 1. The summed E-state index contributed by atoms with van der Waals surface area (Å²) in [5.74, 6) is 0.639. The molecule has 3 N–H and O–H groups in total. The Hall–Kier alpha value is -1.14. The number of thiazole rings is 1. The van der Waals surface area contributed by atoms with Gasteiger partial charge in [0, 0.05) is 24.5 Å². The first-order chi connectivity index (χ1) is 10.2. The lowest BCUT2D eigenvalue weighted by Crippen LogP contribution is -2.34. The Kier molecular flexibility index (Phi) is 5.45. The van der Waals surface area contributed by atoms with Gasteiger partial charge in [-0.3, -0.25) is 4.79 Å². The van der Waals surface area contributed by atoms with Gasteiger partial charge in [-0.1, -0.05) is 20.8 Å². The smallest absolute Gasteiger partial charge is 0.225 e. The van der Waals surface area contributed by atoms with Crippen molar-refractivity contribution < 1.29 is 4.79 Å². The molecule has 1 saturated heterocycles. The van der Waals surface area contributed by atoms with Crippen molar-refractivity contribution in [3.63, 3.8) is 0 Å². The molecule has 1 fully saturated rings. The highest BCUT2D eigenvalue weighted by Crippen LogP contribution is 2.22. The fraction of sp³-hybridized carbons (Fsp3) is 0.750. The van der Waals surface area contributed by atoms with Crippen LogP contribution in [-0.2, 0) is 11.2 Å². The summed E-state index contributed by atoms with van der Waals surface area (Å²) in [6, 6.07) is 0. The minimum atomic E-state index is 0.0704. The first-order valence-electron chi connectivity index (χ1n) is 7.94. The van der Waals surface area contributed by atoms with Crippen LogP contribution in [0, 0.1) is 18.3 Å². The highest BCUT2D eigenvalue weighted by molar-refractivity contribution is 7.15. The zero-order valence-electron chi connectivity index (χ0n) is 14.1. The molecule has 0 aromatic carbocycles. The zero-order chi connectivity index (χ0) is 16.3. The Bertz CT molecular complexity index is 521.